The lowest BCUT2D eigenvalue weighted by atomic mass is 10.4. The molecule has 9 heteroatoms. The topological polar surface area (TPSA) is 70.1 Å². The summed E-state index contributed by atoms with van der Waals surface area (Å²) in [7, 11) is 0. The van der Waals surface area contributed by atoms with Crippen molar-refractivity contribution in [2.45, 2.75) is 25.6 Å². The quantitative estimate of drug-likeness (QED) is 0.870. The van der Waals surface area contributed by atoms with Crippen molar-refractivity contribution in [1.82, 2.24) is 9.55 Å². The number of anilines is 1. The fourth-order valence-corrected chi connectivity index (χ4v) is 2.20. The molecule has 1 saturated carbocycles. The molecular weight excluding hydrogens is 287 g/mol. The molecule has 0 aromatic carbocycles. The van der Waals surface area contributed by atoms with Gasteiger partial charge in [-0.05, 0) is 24.9 Å². The summed E-state index contributed by atoms with van der Waals surface area (Å²) in [5, 5.41) is -0.239. The minimum Gasteiger partial charge on any atom is -0.461 e. The lowest BCUT2D eigenvalue weighted by Crippen LogP contribution is -2.15. The minimum atomic E-state index is -4.31. The highest BCUT2D eigenvalue weighted by Crippen LogP contribution is 2.55. The molecule has 2 atom stereocenters. The van der Waals surface area contributed by atoms with E-state index in [2.05, 4.69) is 4.98 Å². The Morgan fingerprint density at radius 1 is 1.63 bits per heavy atom. The lowest BCUT2D eigenvalue weighted by molar-refractivity contribution is -0.150. The predicted octanol–water partition coefficient (Wildman–Crippen LogP) is 2.42. The average molecular weight is 298 g/mol. The van der Waals surface area contributed by atoms with Gasteiger partial charge in [-0.2, -0.15) is 13.2 Å². The summed E-state index contributed by atoms with van der Waals surface area (Å²) >= 11 is 5.74. The highest BCUT2D eigenvalue weighted by atomic mass is 35.5. The van der Waals surface area contributed by atoms with Crippen LogP contribution in [0.5, 0.6) is 0 Å². The molecular formula is C10H11ClF3N3O2. The van der Waals surface area contributed by atoms with Gasteiger partial charge in [0.05, 0.1) is 18.6 Å². The highest BCUT2D eigenvalue weighted by molar-refractivity contribution is 6.29. The number of alkyl halides is 3. The number of rotatable bonds is 3. The fraction of sp³-hybridized carbons (Fsp3) is 0.600. The van der Waals surface area contributed by atoms with Gasteiger partial charge in [-0.1, -0.05) is 0 Å². The Labute approximate surface area is 111 Å². The molecule has 1 aromatic heterocycles. The second kappa shape index (κ2) is 4.59. The number of halogens is 4. The van der Waals surface area contributed by atoms with Crippen molar-refractivity contribution in [1.29, 1.82) is 0 Å². The van der Waals surface area contributed by atoms with Crippen molar-refractivity contribution in [3.63, 3.8) is 0 Å². The van der Waals surface area contributed by atoms with E-state index >= 15 is 0 Å². The Kier molecular flexibility index (Phi) is 3.38. The van der Waals surface area contributed by atoms with E-state index in [1.165, 1.54) is 0 Å². The van der Waals surface area contributed by atoms with E-state index in [1.807, 2.05) is 0 Å². The maximum absolute atomic E-state index is 12.5. The predicted molar refractivity (Wildman–Crippen MR) is 60.8 cm³/mol. The number of carbonyl (C=O) groups excluding carboxylic acids is 1. The maximum atomic E-state index is 12.5. The molecule has 0 bridgehead atoms. The number of esters is 1. The van der Waals surface area contributed by atoms with Crippen LogP contribution in [0.1, 0.15) is 29.9 Å². The molecule has 0 radical (unpaired) electrons. The van der Waals surface area contributed by atoms with E-state index < -0.39 is 24.1 Å². The molecule has 1 unspecified atom stereocenters. The van der Waals surface area contributed by atoms with Crippen LogP contribution in [0.2, 0.25) is 5.28 Å². The van der Waals surface area contributed by atoms with Gasteiger partial charge in [0.2, 0.25) is 5.28 Å². The van der Waals surface area contributed by atoms with E-state index in [0.29, 0.717) is 0 Å². The van der Waals surface area contributed by atoms with Gasteiger partial charge in [0.15, 0.2) is 5.69 Å². The first-order valence-electron chi connectivity index (χ1n) is 5.54. The van der Waals surface area contributed by atoms with Crippen LogP contribution >= 0.6 is 11.6 Å². The van der Waals surface area contributed by atoms with E-state index in [0.717, 1.165) is 4.57 Å². The molecule has 5 nitrogen and oxygen atoms in total. The maximum Gasteiger partial charge on any atom is 0.393 e. The normalized spacial score (nSPS) is 22.4. The highest BCUT2D eigenvalue weighted by Gasteiger charge is 2.57. The van der Waals surface area contributed by atoms with E-state index in [9.17, 15) is 18.0 Å². The van der Waals surface area contributed by atoms with Gasteiger partial charge < -0.3 is 10.5 Å². The lowest BCUT2D eigenvalue weighted by Gasteiger charge is -2.08. The molecule has 2 N–H and O–H groups in total. The van der Waals surface area contributed by atoms with Gasteiger partial charge in [0.1, 0.15) is 5.82 Å². The smallest absolute Gasteiger partial charge is 0.393 e. The molecule has 1 aliphatic carbocycles. The number of ether oxygens (including phenoxy) is 1. The summed E-state index contributed by atoms with van der Waals surface area (Å²) in [5.74, 6) is -2.50. The Bertz CT molecular complexity index is 515. The third-order valence-electron chi connectivity index (χ3n) is 2.88. The van der Waals surface area contributed by atoms with Crippen LogP contribution in [0.3, 0.4) is 0 Å². The Balaban J connectivity index is 2.27. The molecule has 1 aromatic rings. The van der Waals surface area contributed by atoms with Crippen molar-refractivity contribution in [3.05, 3.63) is 11.0 Å². The van der Waals surface area contributed by atoms with Crippen molar-refractivity contribution in [3.8, 4) is 0 Å². The Morgan fingerprint density at radius 3 is 2.74 bits per heavy atom. The minimum absolute atomic E-state index is 0.108. The van der Waals surface area contributed by atoms with Crippen LogP contribution in [0, 0.1) is 5.92 Å². The largest absolute Gasteiger partial charge is 0.461 e. The van der Waals surface area contributed by atoms with Crippen LogP contribution in [0.15, 0.2) is 0 Å². The van der Waals surface area contributed by atoms with Gasteiger partial charge in [0, 0.05) is 0 Å². The standard InChI is InChI=1S/C10H11ClF3N3O2/c1-2-19-8(18)6-7(15)17(9(11)16-6)5-3-4(5)10(12,13)14/h4-5H,2-3,15H2,1H3/t4?,5-/m0/s1. The zero-order valence-corrected chi connectivity index (χ0v) is 10.6. The molecule has 0 amide bonds. The summed E-state index contributed by atoms with van der Waals surface area (Å²) in [6.07, 6.45) is -4.43. The number of imidazole rings is 1. The van der Waals surface area contributed by atoms with E-state index in [4.69, 9.17) is 22.1 Å². The summed E-state index contributed by atoms with van der Waals surface area (Å²) in [5.41, 5.74) is 5.38. The number of nitrogen functional groups attached to an aromatic ring is 1. The molecule has 1 aliphatic rings. The third kappa shape index (κ3) is 2.49. The zero-order chi connectivity index (χ0) is 14.4. The third-order valence-corrected chi connectivity index (χ3v) is 3.15. The van der Waals surface area contributed by atoms with Crippen molar-refractivity contribution in [2.75, 3.05) is 12.3 Å². The first kappa shape index (κ1) is 14.0. The van der Waals surface area contributed by atoms with Crippen molar-refractivity contribution >= 4 is 23.4 Å². The van der Waals surface area contributed by atoms with Crippen LogP contribution in [-0.4, -0.2) is 28.3 Å². The van der Waals surface area contributed by atoms with Crippen molar-refractivity contribution < 1.29 is 22.7 Å². The fourth-order valence-electron chi connectivity index (χ4n) is 1.90. The molecule has 106 valence electrons. The molecule has 2 rings (SSSR count). The summed E-state index contributed by atoms with van der Waals surface area (Å²) < 4.78 is 43.3. The number of hydrogen-bond donors (Lipinski definition) is 1. The second-order valence-electron chi connectivity index (χ2n) is 4.16. The molecule has 0 aliphatic heterocycles. The van der Waals surface area contributed by atoms with Gasteiger partial charge in [0.25, 0.3) is 0 Å². The number of nitrogens with two attached hydrogens (primary N) is 1. The van der Waals surface area contributed by atoms with Gasteiger partial charge in [-0.15, -0.1) is 0 Å². The monoisotopic (exact) mass is 297 g/mol. The first-order chi connectivity index (χ1) is 8.77. The van der Waals surface area contributed by atoms with Gasteiger partial charge >= 0.3 is 12.1 Å². The van der Waals surface area contributed by atoms with Gasteiger partial charge in [-0.25, -0.2) is 9.78 Å². The van der Waals surface area contributed by atoms with Crippen LogP contribution < -0.4 is 5.73 Å². The average Bonchev–Trinajstić information content (AvgIpc) is 3.01. The Morgan fingerprint density at radius 2 is 2.26 bits per heavy atom. The molecule has 0 spiro atoms. The van der Waals surface area contributed by atoms with E-state index in [1.54, 1.807) is 6.92 Å². The van der Waals surface area contributed by atoms with Crippen LogP contribution in [0.25, 0.3) is 0 Å². The molecule has 0 saturated heterocycles. The molecule has 19 heavy (non-hydrogen) atoms. The van der Waals surface area contributed by atoms with Crippen LogP contribution in [-0.2, 0) is 4.74 Å². The van der Waals surface area contributed by atoms with Crippen LogP contribution in [0.4, 0.5) is 19.0 Å². The molecule has 1 heterocycles. The Hall–Kier alpha value is -1.44. The summed E-state index contributed by atoms with van der Waals surface area (Å²) in [6, 6.07) is -0.900. The van der Waals surface area contributed by atoms with E-state index in [-0.39, 0.29) is 29.8 Å². The number of nitrogens with zero attached hydrogens (tertiary/aromatic N) is 2. The number of hydrogen-bond acceptors (Lipinski definition) is 4. The van der Waals surface area contributed by atoms with Crippen molar-refractivity contribution in [2.24, 2.45) is 5.92 Å². The van der Waals surface area contributed by atoms with Gasteiger partial charge in [-0.3, -0.25) is 4.57 Å². The number of carbonyl (C=O) groups is 1. The summed E-state index contributed by atoms with van der Waals surface area (Å²) in [4.78, 5) is 15.2. The zero-order valence-electron chi connectivity index (χ0n) is 9.87. The number of aromatic nitrogens is 2. The summed E-state index contributed by atoms with van der Waals surface area (Å²) in [6.45, 7) is 1.70. The molecule has 1 fully saturated rings. The second-order valence-corrected chi connectivity index (χ2v) is 4.49. The SMILES string of the molecule is CCOC(=O)c1nc(Cl)n([C@H]2CC2C(F)(F)F)c1N. The first-order valence-corrected chi connectivity index (χ1v) is 5.92.